The summed E-state index contributed by atoms with van der Waals surface area (Å²) in [6, 6.07) is 0.495. The van der Waals surface area contributed by atoms with Crippen molar-refractivity contribution in [2.24, 2.45) is 11.8 Å². The number of aliphatic hydroxyl groups is 1. The van der Waals surface area contributed by atoms with E-state index in [1.165, 1.54) is 12.8 Å². The van der Waals surface area contributed by atoms with E-state index in [-0.39, 0.29) is 12.1 Å². The molecule has 0 aromatic rings. The number of fused-ring (bicyclic) bond motifs is 2. The predicted molar refractivity (Wildman–Crippen MR) is 73.8 cm³/mol. The first-order valence-electron chi connectivity index (χ1n) is 6.38. The molecule has 2 aliphatic rings. The monoisotopic (exact) mass is 254 g/mol. The quantitative estimate of drug-likeness (QED) is 0.526. The molecule has 4 heteroatoms. The van der Waals surface area contributed by atoms with Crippen LogP contribution in [0.4, 0.5) is 0 Å². The van der Waals surface area contributed by atoms with Crippen molar-refractivity contribution in [1.29, 1.82) is 0 Å². The minimum atomic E-state index is -0.147. The summed E-state index contributed by atoms with van der Waals surface area (Å²) >= 11 is 5.34. The van der Waals surface area contributed by atoms with Crippen LogP contribution < -0.4 is 10.6 Å². The van der Waals surface area contributed by atoms with Crippen molar-refractivity contribution in [3.05, 3.63) is 12.2 Å². The maximum atomic E-state index is 8.97. The third-order valence-corrected chi connectivity index (χ3v) is 4.00. The van der Waals surface area contributed by atoms with Gasteiger partial charge in [0.25, 0.3) is 0 Å². The lowest BCUT2D eigenvalue weighted by Crippen LogP contribution is -2.51. The molecule has 1 saturated carbocycles. The van der Waals surface area contributed by atoms with Crippen LogP contribution in [0.1, 0.15) is 33.1 Å². The van der Waals surface area contributed by atoms with Crippen LogP contribution in [0.25, 0.3) is 0 Å². The van der Waals surface area contributed by atoms with E-state index in [1.54, 1.807) is 0 Å². The zero-order chi connectivity index (χ0) is 12.5. The second-order valence-electron chi connectivity index (χ2n) is 5.84. The van der Waals surface area contributed by atoms with E-state index in [0.717, 1.165) is 11.0 Å². The standard InChI is InChI=1S/C13H22N2OS/c1-13(2,5-6-16)15-12(17)14-11-8-9-3-4-10(11)7-9/h3-4,9-11,16H,5-8H2,1-2H3,(H2,14,15,17)/t9-,10-,11+/m0/s1. The van der Waals surface area contributed by atoms with Crippen molar-refractivity contribution in [3.8, 4) is 0 Å². The van der Waals surface area contributed by atoms with Crippen LogP contribution in [-0.2, 0) is 0 Å². The van der Waals surface area contributed by atoms with E-state index in [0.29, 0.717) is 18.4 Å². The van der Waals surface area contributed by atoms with Crippen molar-refractivity contribution in [2.45, 2.75) is 44.7 Å². The van der Waals surface area contributed by atoms with E-state index in [4.69, 9.17) is 17.3 Å². The molecule has 2 aliphatic carbocycles. The van der Waals surface area contributed by atoms with Crippen LogP contribution in [-0.4, -0.2) is 28.4 Å². The van der Waals surface area contributed by atoms with Crippen molar-refractivity contribution in [2.75, 3.05) is 6.61 Å². The molecule has 0 unspecified atom stereocenters. The van der Waals surface area contributed by atoms with Gasteiger partial charge in [0.05, 0.1) is 0 Å². The summed E-state index contributed by atoms with van der Waals surface area (Å²) in [5.41, 5.74) is -0.147. The summed E-state index contributed by atoms with van der Waals surface area (Å²) in [5, 5.41) is 16.4. The molecule has 0 amide bonds. The van der Waals surface area contributed by atoms with Gasteiger partial charge in [-0.2, -0.15) is 0 Å². The molecule has 0 aromatic heterocycles. The average molecular weight is 254 g/mol. The summed E-state index contributed by atoms with van der Waals surface area (Å²) in [7, 11) is 0. The maximum Gasteiger partial charge on any atom is 0.166 e. The Labute approximate surface area is 109 Å². The molecule has 17 heavy (non-hydrogen) atoms. The third kappa shape index (κ3) is 3.19. The molecule has 1 fully saturated rings. The summed E-state index contributed by atoms with van der Waals surface area (Å²) < 4.78 is 0. The molecule has 3 nitrogen and oxygen atoms in total. The third-order valence-electron chi connectivity index (χ3n) is 3.78. The lowest BCUT2D eigenvalue weighted by atomic mass is 10.0. The average Bonchev–Trinajstić information content (AvgIpc) is 2.77. The van der Waals surface area contributed by atoms with Gasteiger partial charge in [-0.3, -0.25) is 0 Å². The van der Waals surface area contributed by atoms with E-state index < -0.39 is 0 Å². The molecular weight excluding hydrogens is 232 g/mol. The Balaban J connectivity index is 1.80. The minimum absolute atomic E-state index is 0.147. The van der Waals surface area contributed by atoms with Gasteiger partial charge in [0, 0.05) is 18.2 Å². The first-order chi connectivity index (χ1) is 8.00. The first kappa shape index (κ1) is 12.8. The number of nitrogens with one attached hydrogen (secondary N) is 2. The summed E-state index contributed by atoms with van der Waals surface area (Å²) in [4.78, 5) is 0. The minimum Gasteiger partial charge on any atom is -0.396 e. The highest BCUT2D eigenvalue weighted by Crippen LogP contribution is 2.38. The topological polar surface area (TPSA) is 44.3 Å². The Morgan fingerprint density at radius 1 is 1.41 bits per heavy atom. The van der Waals surface area contributed by atoms with Gasteiger partial charge in [0.1, 0.15) is 0 Å². The number of aliphatic hydroxyl groups excluding tert-OH is 1. The molecule has 0 aromatic carbocycles. The van der Waals surface area contributed by atoms with Crippen LogP contribution in [0.3, 0.4) is 0 Å². The van der Waals surface area contributed by atoms with Gasteiger partial charge in [-0.1, -0.05) is 12.2 Å². The second kappa shape index (κ2) is 4.94. The Morgan fingerprint density at radius 2 is 2.18 bits per heavy atom. The van der Waals surface area contributed by atoms with E-state index in [9.17, 15) is 0 Å². The van der Waals surface area contributed by atoms with E-state index in [1.807, 2.05) is 0 Å². The molecule has 96 valence electrons. The van der Waals surface area contributed by atoms with Crippen LogP contribution in [0.5, 0.6) is 0 Å². The molecule has 0 heterocycles. The van der Waals surface area contributed by atoms with Gasteiger partial charge in [-0.15, -0.1) is 0 Å². The molecule has 0 radical (unpaired) electrons. The van der Waals surface area contributed by atoms with Gasteiger partial charge in [0.2, 0.25) is 0 Å². The number of hydrogen-bond acceptors (Lipinski definition) is 2. The fraction of sp³-hybridized carbons (Fsp3) is 0.769. The van der Waals surface area contributed by atoms with Gasteiger partial charge >= 0.3 is 0 Å². The second-order valence-corrected chi connectivity index (χ2v) is 6.25. The van der Waals surface area contributed by atoms with Crippen molar-refractivity contribution >= 4 is 17.3 Å². The highest BCUT2D eigenvalue weighted by Gasteiger charge is 2.36. The molecule has 2 bridgehead atoms. The molecule has 0 spiro atoms. The van der Waals surface area contributed by atoms with Crippen molar-refractivity contribution < 1.29 is 5.11 Å². The van der Waals surface area contributed by atoms with E-state index in [2.05, 4.69) is 36.6 Å². The lowest BCUT2D eigenvalue weighted by Gasteiger charge is -2.30. The Kier molecular flexibility index (Phi) is 3.73. The van der Waals surface area contributed by atoms with Gasteiger partial charge < -0.3 is 15.7 Å². The molecule has 0 aliphatic heterocycles. The summed E-state index contributed by atoms with van der Waals surface area (Å²) in [6.45, 7) is 4.29. The number of hydrogen-bond donors (Lipinski definition) is 3. The zero-order valence-corrected chi connectivity index (χ0v) is 11.4. The summed E-state index contributed by atoms with van der Waals surface area (Å²) in [6.07, 6.45) is 7.82. The zero-order valence-electron chi connectivity index (χ0n) is 10.6. The normalized spacial score (nSPS) is 30.6. The molecule has 3 atom stereocenters. The number of thiocarbonyl (C=S) groups is 1. The van der Waals surface area contributed by atoms with Crippen LogP contribution in [0, 0.1) is 11.8 Å². The smallest absolute Gasteiger partial charge is 0.166 e. The van der Waals surface area contributed by atoms with Gasteiger partial charge in [0.15, 0.2) is 5.11 Å². The van der Waals surface area contributed by atoms with Crippen molar-refractivity contribution in [3.63, 3.8) is 0 Å². The first-order valence-corrected chi connectivity index (χ1v) is 6.79. The predicted octanol–water partition coefficient (Wildman–Crippen LogP) is 1.58. The largest absolute Gasteiger partial charge is 0.396 e. The summed E-state index contributed by atoms with van der Waals surface area (Å²) in [5.74, 6) is 1.41. The van der Waals surface area contributed by atoms with Crippen LogP contribution in [0.15, 0.2) is 12.2 Å². The lowest BCUT2D eigenvalue weighted by molar-refractivity contribution is 0.244. The molecule has 3 N–H and O–H groups in total. The molecule has 0 saturated heterocycles. The fourth-order valence-electron chi connectivity index (χ4n) is 2.80. The highest BCUT2D eigenvalue weighted by molar-refractivity contribution is 7.80. The Morgan fingerprint density at radius 3 is 2.71 bits per heavy atom. The van der Waals surface area contributed by atoms with Crippen molar-refractivity contribution in [1.82, 2.24) is 10.6 Å². The molecule has 2 rings (SSSR count). The SMILES string of the molecule is CC(C)(CCO)NC(=S)N[C@@H]1C[C@H]2C=C[C@H]1C2. The Bertz CT molecular complexity index is 327. The number of allylic oxidation sites excluding steroid dienone is 1. The highest BCUT2D eigenvalue weighted by atomic mass is 32.1. The van der Waals surface area contributed by atoms with E-state index >= 15 is 0 Å². The van der Waals surface area contributed by atoms with Gasteiger partial charge in [-0.05, 0) is 57.2 Å². The van der Waals surface area contributed by atoms with Gasteiger partial charge in [-0.25, -0.2) is 0 Å². The van der Waals surface area contributed by atoms with Crippen LogP contribution in [0.2, 0.25) is 0 Å². The maximum absolute atomic E-state index is 8.97. The van der Waals surface area contributed by atoms with Crippen LogP contribution >= 0.6 is 12.2 Å². The number of rotatable bonds is 4. The Hall–Kier alpha value is -0.610. The fourth-order valence-corrected chi connectivity index (χ4v) is 3.23. The molecular formula is C13H22N2OS.